The Bertz CT molecular complexity index is 889. The Kier molecular flexibility index (Phi) is 4.46. The highest BCUT2D eigenvalue weighted by Gasteiger charge is 2.26. The van der Waals surface area contributed by atoms with Crippen LogP contribution in [0.3, 0.4) is 0 Å². The quantitative estimate of drug-likeness (QED) is 0.771. The Morgan fingerprint density at radius 1 is 1.23 bits per heavy atom. The van der Waals surface area contributed by atoms with E-state index in [1.54, 1.807) is 18.5 Å². The number of anilines is 2. The number of benzene rings is 1. The van der Waals surface area contributed by atoms with Crippen LogP contribution in [0.2, 0.25) is 0 Å². The summed E-state index contributed by atoms with van der Waals surface area (Å²) < 4.78 is 26.1. The molecule has 1 N–H and O–H groups in total. The van der Waals surface area contributed by atoms with Crippen molar-refractivity contribution in [3.05, 3.63) is 48.0 Å². The van der Waals surface area contributed by atoms with Gasteiger partial charge < -0.3 is 19.5 Å². The molecular weight excluding hydrogens is 335 g/mol. The first-order valence-electron chi connectivity index (χ1n) is 8.73. The van der Waals surface area contributed by atoms with Crippen molar-refractivity contribution in [2.24, 2.45) is 0 Å². The van der Waals surface area contributed by atoms with Gasteiger partial charge in [-0.15, -0.1) is 0 Å². The average Bonchev–Trinajstić information content (AvgIpc) is 3.04. The number of pyridine rings is 1. The zero-order valence-corrected chi connectivity index (χ0v) is 14.8. The van der Waals surface area contributed by atoms with E-state index in [1.165, 1.54) is 0 Å². The van der Waals surface area contributed by atoms with Gasteiger partial charge in [-0.2, -0.15) is 0 Å². The number of nitrogens with zero attached hydrogens (tertiary/aromatic N) is 3. The molecule has 3 heterocycles. The van der Waals surface area contributed by atoms with Crippen LogP contribution in [0.25, 0.3) is 11.0 Å². The van der Waals surface area contributed by atoms with Crippen molar-refractivity contribution in [1.82, 2.24) is 10.1 Å². The molecule has 0 radical (unpaired) electrons. The summed E-state index contributed by atoms with van der Waals surface area (Å²) in [5.74, 6) is 0.142. The van der Waals surface area contributed by atoms with Crippen LogP contribution in [0, 0.1) is 5.82 Å². The molecule has 0 spiro atoms. The Labute approximate surface area is 150 Å². The molecule has 1 aliphatic heterocycles. The summed E-state index contributed by atoms with van der Waals surface area (Å²) in [6.45, 7) is 5.82. The van der Waals surface area contributed by atoms with E-state index in [0.29, 0.717) is 36.5 Å². The average molecular weight is 356 g/mol. The maximum absolute atomic E-state index is 15.0. The largest absolute Gasteiger partial charge is 0.372 e. The van der Waals surface area contributed by atoms with Crippen molar-refractivity contribution >= 4 is 22.5 Å². The molecule has 3 aromatic rings. The van der Waals surface area contributed by atoms with Crippen molar-refractivity contribution in [2.45, 2.75) is 32.6 Å². The molecule has 1 aliphatic rings. The lowest BCUT2D eigenvalue weighted by molar-refractivity contribution is -0.00539. The van der Waals surface area contributed by atoms with Gasteiger partial charge in [0.1, 0.15) is 0 Å². The fourth-order valence-corrected chi connectivity index (χ4v) is 3.40. The number of aromatic nitrogens is 2. The van der Waals surface area contributed by atoms with Crippen molar-refractivity contribution in [2.75, 3.05) is 23.3 Å². The third-order valence-electron chi connectivity index (χ3n) is 4.50. The second-order valence-corrected chi connectivity index (χ2v) is 6.68. The minimum absolute atomic E-state index is 0.0558. The fraction of sp³-hybridized carbons (Fsp3) is 0.368. The molecule has 7 heteroatoms. The minimum Gasteiger partial charge on any atom is -0.372 e. The third-order valence-corrected chi connectivity index (χ3v) is 4.50. The summed E-state index contributed by atoms with van der Waals surface area (Å²) >= 11 is 0. The highest BCUT2D eigenvalue weighted by molar-refractivity contribution is 5.91. The molecular formula is C19H21FN4O2. The number of hydrogen-bond donors (Lipinski definition) is 1. The zero-order chi connectivity index (χ0) is 18.1. The molecule has 4 rings (SSSR count). The van der Waals surface area contributed by atoms with Gasteiger partial charge in [-0.3, -0.25) is 4.98 Å². The van der Waals surface area contributed by atoms with Crippen molar-refractivity contribution < 1.29 is 13.7 Å². The predicted octanol–water partition coefficient (Wildman–Crippen LogP) is 3.59. The van der Waals surface area contributed by atoms with Crippen molar-refractivity contribution in [1.29, 1.82) is 0 Å². The van der Waals surface area contributed by atoms with Gasteiger partial charge in [0, 0.05) is 32.0 Å². The second-order valence-electron chi connectivity index (χ2n) is 6.68. The van der Waals surface area contributed by atoms with Crippen LogP contribution in [0.5, 0.6) is 0 Å². The molecule has 26 heavy (non-hydrogen) atoms. The van der Waals surface area contributed by atoms with E-state index < -0.39 is 0 Å². The van der Waals surface area contributed by atoms with Crippen LogP contribution in [0.1, 0.15) is 19.4 Å². The number of morpholine rings is 1. The molecule has 136 valence electrons. The van der Waals surface area contributed by atoms with Gasteiger partial charge in [0.2, 0.25) is 5.58 Å². The lowest BCUT2D eigenvalue weighted by Gasteiger charge is -2.36. The Morgan fingerprint density at radius 3 is 2.77 bits per heavy atom. The van der Waals surface area contributed by atoms with E-state index in [4.69, 9.17) is 9.26 Å². The van der Waals surface area contributed by atoms with Crippen LogP contribution < -0.4 is 10.2 Å². The number of halogens is 1. The number of rotatable bonds is 4. The van der Waals surface area contributed by atoms with Gasteiger partial charge >= 0.3 is 0 Å². The van der Waals surface area contributed by atoms with Crippen LogP contribution >= 0.6 is 0 Å². The molecule has 2 aromatic heterocycles. The molecule has 0 saturated carbocycles. The number of hydrogen-bond acceptors (Lipinski definition) is 6. The summed E-state index contributed by atoms with van der Waals surface area (Å²) in [7, 11) is 0. The van der Waals surface area contributed by atoms with Gasteiger partial charge in [-0.1, -0.05) is 11.2 Å². The predicted molar refractivity (Wildman–Crippen MR) is 97.8 cm³/mol. The second kappa shape index (κ2) is 6.92. The molecule has 1 fully saturated rings. The van der Waals surface area contributed by atoms with Crippen LogP contribution in [0.15, 0.2) is 41.2 Å². The number of fused-ring (bicyclic) bond motifs is 1. The molecule has 6 nitrogen and oxygen atoms in total. The van der Waals surface area contributed by atoms with E-state index in [1.807, 2.05) is 36.9 Å². The highest BCUT2D eigenvalue weighted by atomic mass is 19.1. The van der Waals surface area contributed by atoms with Gasteiger partial charge in [0.25, 0.3) is 0 Å². The number of nitrogens with one attached hydrogen (secondary N) is 1. The van der Waals surface area contributed by atoms with Gasteiger partial charge in [0.15, 0.2) is 11.6 Å². The monoisotopic (exact) mass is 356 g/mol. The summed E-state index contributed by atoms with van der Waals surface area (Å²) in [5.41, 5.74) is 1.70. The Morgan fingerprint density at radius 2 is 2.04 bits per heavy atom. The normalized spacial score (nSPS) is 20.5. The van der Waals surface area contributed by atoms with Gasteiger partial charge in [-0.05, 0) is 37.6 Å². The molecule has 0 aliphatic carbocycles. The van der Waals surface area contributed by atoms with E-state index in [-0.39, 0.29) is 23.6 Å². The summed E-state index contributed by atoms with van der Waals surface area (Å²) in [5, 5.41) is 7.81. The Balaban J connectivity index is 1.59. The standard InChI is InChI=1S/C19H21FN4O2/c1-12-10-24(11-13(2)25-12)16-6-5-15-18(17(16)20)26-23-19(15)22-9-14-4-3-7-21-8-14/h3-8,12-13H,9-11H2,1-2H3,(H,22,23)/t12-,13+. The summed E-state index contributed by atoms with van der Waals surface area (Å²) in [4.78, 5) is 6.08. The van der Waals surface area contributed by atoms with Crippen molar-refractivity contribution in [3.63, 3.8) is 0 Å². The van der Waals surface area contributed by atoms with Gasteiger partial charge in [-0.25, -0.2) is 4.39 Å². The first-order valence-corrected chi connectivity index (χ1v) is 8.73. The van der Waals surface area contributed by atoms with E-state index in [2.05, 4.69) is 15.5 Å². The molecule has 2 atom stereocenters. The van der Waals surface area contributed by atoms with E-state index in [9.17, 15) is 0 Å². The minimum atomic E-state index is -0.384. The van der Waals surface area contributed by atoms with E-state index in [0.717, 1.165) is 5.56 Å². The van der Waals surface area contributed by atoms with Crippen LogP contribution in [-0.2, 0) is 11.3 Å². The molecule has 0 bridgehead atoms. The summed E-state index contributed by atoms with van der Waals surface area (Å²) in [6.07, 6.45) is 3.61. The molecule has 1 aromatic carbocycles. The van der Waals surface area contributed by atoms with Crippen molar-refractivity contribution in [3.8, 4) is 0 Å². The molecule has 1 saturated heterocycles. The summed E-state index contributed by atoms with van der Waals surface area (Å²) in [6, 6.07) is 7.46. The topological polar surface area (TPSA) is 63.4 Å². The van der Waals surface area contributed by atoms with Gasteiger partial charge in [0.05, 0.1) is 23.3 Å². The maximum Gasteiger partial charge on any atom is 0.206 e. The zero-order valence-electron chi connectivity index (χ0n) is 14.8. The molecule has 0 amide bonds. The first-order chi connectivity index (χ1) is 12.6. The molecule has 0 unspecified atom stereocenters. The first kappa shape index (κ1) is 16.8. The highest BCUT2D eigenvalue weighted by Crippen LogP contribution is 2.33. The lowest BCUT2D eigenvalue weighted by atomic mass is 10.1. The maximum atomic E-state index is 15.0. The smallest absolute Gasteiger partial charge is 0.206 e. The van der Waals surface area contributed by atoms with Crippen LogP contribution in [-0.4, -0.2) is 35.4 Å². The lowest BCUT2D eigenvalue weighted by Crippen LogP contribution is -2.45. The Hall–Kier alpha value is -2.67. The van der Waals surface area contributed by atoms with Crippen LogP contribution in [0.4, 0.5) is 15.9 Å². The van der Waals surface area contributed by atoms with E-state index >= 15 is 4.39 Å². The SMILES string of the molecule is C[C@@H]1CN(c2ccc3c(NCc4cccnc4)noc3c2F)C[C@H](C)O1. The fourth-order valence-electron chi connectivity index (χ4n) is 3.40. The number of ether oxygens (including phenoxy) is 1. The third kappa shape index (κ3) is 3.22.